The highest BCUT2D eigenvalue weighted by atomic mass is 32.2. The summed E-state index contributed by atoms with van der Waals surface area (Å²) in [5, 5.41) is 0.144. The van der Waals surface area contributed by atoms with Crippen LogP contribution in [0.1, 0.15) is 32.6 Å². The molecule has 1 rings (SSSR count). The van der Waals surface area contributed by atoms with E-state index in [1.807, 2.05) is 30.3 Å². The van der Waals surface area contributed by atoms with Crippen molar-refractivity contribution in [1.29, 1.82) is 0 Å². The van der Waals surface area contributed by atoms with Gasteiger partial charge in [-0.1, -0.05) is 30.0 Å². The molecule has 4 heteroatoms. The first-order chi connectivity index (χ1) is 8.72. The van der Waals surface area contributed by atoms with Crippen LogP contribution in [0.2, 0.25) is 0 Å². The number of benzene rings is 1. The number of unbranched alkanes of at least 4 members (excludes halogenated alkanes) is 1. The van der Waals surface area contributed by atoms with Crippen molar-refractivity contribution in [3.05, 3.63) is 30.3 Å². The van der Waals surface area contributed by atoms with Gasteiger partial charge in [-0.05, 0) is 31.9 Å². The largest absolute Gasteiger partial charge is 0.466 e. The highest BCUT2D eigenvalue weighted by Crippen LogP contribution is 2.20. The minimum atomic E-state index is -0.180. The van der Waals surface area contributed by atoms with Crippen molar-refractivity contribution in [1.82, 2.24) is 0 Å². The van der Waals surface area contributed by atoms with Crippen LogP contribution in [0.15, 0.2) is 35.2 Å². The Morgan fingerprint density at radius 3 is 2.44 bits per heavy atom. The summed E-state index contributed by atoms with van der Waals surface area (Å²) in [5.74, 6) is -0.180. The second-order valence-electron chi connectivity index (χ2n) is 3.80. The molecule has 0 saturated heterocycles. The minimum Gasteiger partial charge on any atom is -0.466 e. The number of thioether (sulfide) groups is 1. The van der Waals surface area contributed by atoms with Crippen LogP contribution >= 0.6 is 11.8 Å². The van der Waals surface area contributed by atoms with Crippen LogP contribution in [0.3, 0.4) is 0 Å². The number of carbonyl (C=O) groups is 2. The van der Waals surface area contributed by atoms with Crippen LogP contribution in [0.25, 0.3) is 0 Å². The molecule has 0 saturated carbocycles. The van der Waals surface area contributed by atoms with Gasteiger partial charge in [-0.15, -0.1) is 0 Å². The average Bonchev–Trinajstić information content (AvgIpc) is 2.36. The van der Waals surface area contributed by atoms with Gasteiger partial charge in [0.25, 0.3) is 0 Å². The Balaban J connectivity index is 2.12. The maximum atomic E-state index is 11.6. The topological polar surface area (TPSA) is 43.4 Å². The summed E-state index contributed by atoms with van der Waals surface area (Å²) < 4.78 is 4.82. The lowest BCUT2D eigenvalue weighted by atomic mass is 10.2. The van der Waals surface area contributed by atoms with E-state index >= 15 is 0 Å². The van der Waals surface area contributed by atoms with Gasteiger partial charge in [0, 0.05) is 17.7 Å². The molecule has 0 heterocycles. The Hall–Kier alpha value is -1.29. The van der Waals surface area contributed by atoms with Gasteiger partial charge >= 0.3 is 5.97 Å². The van der Waals surface area contributed by atoms with E-state index in [4.69, 9.17) is 4.74 Å². The molecule has 0 amide bonds. The lowest BCUT2D eigenvalue weighted by Gasteiger charge is -2.02. The molecule has 0 spiro atoms. The predicted molar refractivity (Wildman–Crippen MR) is 72.4 cm³/mol. The smallest absolute Gasteiger partial charge is 0.305 e. The van der Waals surface area contributed by atoms with Crippen LogP contribution in [-0.4, -0.2) is 17.7 Å². The zero-order valence-corrected chi connectivity index (χ0v) is 11.4. The first kappa shape index (κ1) is 14.8. The van der Waals surface area contributed by atoms with Crippen molar-refractivity contribution in [3.63, 3.8) is 0 Å². The van der Waals surface area contributed by atoms with Crippen LogP contribution in [0.5, 0.6) is 0 Å². The molecule has 98 valence electrons. The Morgan fingerprint density at radius 2 is 1.78 bits per heavy atom. The number of carbonyl (C=O) groups excluding carboxylic acids is 2. The zero-order chi connectivity index (χ0) is 13.2. The lowest BCUT2D eigenvalue weighted by Crippen LogP contribution is -2.03. The first-order valence-electron chi connectivity index (χ1n) is 6.13. The quantitative estimate of drug-likeness (QED) is 0.431. The Kier molecular flexibility index (Phi) is 7.18. The van der Waals surface area contributed by atoms with E-state index in [1.165, 1.54) is 11.8 Å². The van der Waals surface area contributed by atoms with Crippen molar-refractivity contribution >= 4 is 22.8 Å². The molecule has 0 aliphatic carbocycles. The summed E-state index contributed by atoms with van der Waals surface area (Å²) in [6.07, 6.45) is 2.34. The Bertz CT molecular complexity index is 376. The fourth-order valence-corrected chi connectivity index (χ4v) is 2.25. The molecule has 0 bridgehead atoms. The normalized spacial score (nSPS) is 10.1. The molecule has 1 aromatic carbocycles. The van der Waals surface area contributed by atoms with E-state index in [0.717, 1.165) is 11.3 Å². The molecular formula is C14H18O3S. The molecule has 0 unspecified atom stereocenters. The van der Waals surface area contributed by atoms with Gasteiger partial charge in [0.2, 0.25) is 0 Å². The fraction of sp³-hybridized carbons (Fsp3) is 0.429. The highest BCUT2D eigenvalue weighted by molar-refractivity contribution is 8.13. The molecule has 0 N–H and O–H groups in total. The summed E-state index contributed by atoms with van der Waals surface area (Å²) in [4.78, 5) is 23.7. The van der Waals surface area contributed by atoms with Crippen molar-refractivity contribution in [2.24, 2.45) is 0 Å². The van der Waals surface area contributed by atoms with E-state index in [-0.39, 0.29) is 11.1 Å². The molecule has 0 aliphatic heterocycles. The Morgan fingerprint density at radius 1 is 1.11 bits per heavy atom. The summed E-state index contributed by atoms with van der Waals surface area (Å²) in [5.41, 5.74) is 0. The van der Waals surface area contributed by atoms with Gasteiger partial charge in [-0.3, -0.25) is 9.59 Å². The van der Waals surface area contributed by atoms with Crippen LogP contribution in [0.4, 0.5) is 0 Å². The van der Waals surface area contributed by atoms with Gasteiger partial charge in [0.15, 0.2) is 5.12 Å². The van der Waals surface area contributed by atoms with E-state index in [2.05, 4.69) is 0 Å². The van der Waals surface area contributed by atoms with E-state index in [9.17, 15) is 9.59 Å². The molecule has 0 fully saturated rings. The molecule has 0 aliphatic rings. The second-order valence-corrected chi connectivity index (χ2v) is 4.93. The summed E-state index contributed by atoms with van der Waals surface area (Å²) in [7, 11) is 0. The van der Waals surface area contributed by atoms with Crippen molar-refractivity contribution in [2.75, 3.05) is 6.61 Å². The number of esters is 1. The second kappa shape index (κ2) is 8.75. The third-order valence-electron chi connectivity index (χ3n) is 2.29. The molecule has 0 radical (unpaired) electrons. The zero-order valence-electron chi connectivity index (χ0n) is 10.6. The molecular weight excluding hydrogens is 248 g/mol. The molecule has 1 aromatic rings. The Labute approximate surface area is 112 Å². The molecule has 3 nitrogen and oxygen atoms in total. The van der Waals surface area contributed by atoms with E-state index in [0.29, 0.717) is 25.9 Å². The van der Waals surface area contributed by atoms with Gasteiger partial charge < -0.3 is 4.74 Å². The van der Waals surface area contributed by atoms with Crippen LogP contribution in [0, 0.1) is 0 Å². The third kappa shape index (κ3) is 6.45. The maximum absolute atomic E-state index is 11.6. The summed E-state index contributed by atoms with van der Waals surface area (Å²) in [6.45, 7) is 2.21. The number of ether oxygens (including phenoxy) is 1. The number of hydrogen-bond acceptors (Lipinski definition) is 4. The maximum Gasteiger partial charge on any atom is 0.305 e. The monoisotopic (exact) mass is 266 g/mol. The summed E-state index contributed by atoms with van der Waals surface area (Å²) in [6, 6.07) is 9.59. The van der Waals surface area contributed by atoms with Crippen molar-refractivity contribution in [2.45, 2.75) is 37.5 Å². The number of hydrogen-bond donors (Lipinski definition) is 0. The van der Waals surface area contributed by atoms with Gasteiger partial charge in [0.1, 0.15) is 0 Å². The lowest BCUT2D eigenvalue weighted by molar-refractivity contribution is -0.143. The molecule has 18 heavy (non-hydrogen) atoms. The van der Waals surface area contributed by atoms with Crippen LogP contribution in [-0.2, 0) is 14.3 Å². The van der Waals surface area contributed by atoms with Crippen LogP contribution < -0.4 is 0 Å². The van der Waals surface area contributed by atoms with Gasteiger partial charge in [-0.2, -0.15) is 0 Å². The molecule has 0 aromatic heterocycles. The average molecular weight is 266 g/mol. The minimum absolute atomic E-state index is 0.144. The van der Waals surface area contributed by atoms with E-state index in [1.54, 1.807) is 6.92 Å². The van der Waals surface area contributed by atoms with Gasteiger partial charge in [0.05, 0.1) is 6.61 Å². The fourth-order valence-electron chi connectivity index (χ4n) is 1.44. The number of rotatable bonds is 7. The third-order valence-corrected chi connectivity index (χ3v) is 3.23. The predicted octanol–water partition coefficient (Wildman–Crippen LogP) is 3.43. The van der Waals surface area contributed by atoms with E-state index < -0.39 is 0 Å². The molecule has 0 atom stereocenters. The summed E-state index contributed by atoms with van der Waals surface area (Å²) >= 11 is 1.26. The van der Waals surface area contributed by atoms with Crippen molar-refractivity contribution < 1.29 is 14.3 Å². The first-order valence-corrected chi connectivity index (χ1v) is 6.95. The van der Waals surface area contributed by atoms with Gasteiger partial charge in [-0.25, -0.2) is 0 Å². The highest BCUT2D eigenvalue weighted by Gasteiger charge is 2.06. The van der Waals surface area contributed by atoms with Crippen molar-refractivity contribution in [3.8, 4) is 0 Å². The standard InChI is InChI=1S/C14H18O3S/c1-2-17-13(15)10-6-7-11-14(16)18-12-8-4-3-5-9-12/h3-5,8-9H,2,6-7,10-11H2,1H3. The SMILES string of the molecule is CCOC(=O)CCCCC(=O)Sc1ccccc1.